The zero-order chi connectivity index (χ0) is 15.4. The molecule has 3 heterocycles. The Labute approximate surface area is 135 Å². The summed E-state index contributed by atoms with van der Waals surface area (Å²) in [5.41, 5.74) is 6.03. The lowest BCUT2D eigenvalue weighted by molar-refractivity contribution is 0.582. The Morgan fingerprint density at radius 2 is 2.00 bits per heavy atom. The molecule has 0 saturated heterocycles. The predicted molar refractivity (Wildman–Crippen MR) is 93.0 cm³/mol. The first-order valence-electron chi connectivity index (χ1n) is 8.16. The van der Waals surface area contributed by atoms with Crippen LogP contribution in [0, 0.1) is 6.92 Å². The van der Waals surface area contributed by atoms with E-state index in [2.05, 4.69) is 59.6 Å². The van der Waals surface area contributed by atoms with E-state index in [9.17, 15) is 0 Å². The molecular weight excluding hydrogens is 284 g/mol. The van der Waals surface area contributed by atoms with Crippen molar-refractivity contribution in [2.45, 2.75) is 19.4 Å². The Balaban J connectivity index is 1.66. The van der Waals surface area contributed by atoms with Gasteiger partial charge >= 0.3 is 0 Å². The molecule has 0 saturated carbocycles. The molecule has 114 valence electrons. The summed E-state index contributed by atoms with van der Waals surface area (Å²) in [5.74, 6) is 1.91. The van der Waals surface area contributed by atoms with Gasteiger partial charge in [-0.2, -0.15) is 0 Å². The lowest BCUT2D eigenvalue weighted by Crippen LogP contribution is -2.43. The molecule has 2 aliphatic rings. The zero-order valence-electron chi connectivity index (χ0n) is 13.1. The van der Waals surface area contributed by atoms with E-state index < -0.39 is 0 Å². The SMILES string of the molecule is Cc1ccc2nc3c(nc2c1)NCC1c2ccccc2CCN31. The van der Waals surface area contributed by atoms with E-state index in [1.54, 1.807) is 0 Å². The minimum Gasteiger partial charge on any atom is -0.365 e. The quantitative estimate of drug-likeness (QED) is 0.690. The maximum atomic E-state index is 4.92. The van der Waals surface area contributed by atoms with Crippen LogP contribution in [0.5, 0.6) is 0 Å². The fourth-order valence-electron chi connectivity index (χ4n) is 3.79. The molecule has 23 heavy (non-hydrogen) atoms. The third kappa shape index (κ3) is 1.91. The Kier molecular flexibility index (Phi) is 2.62. The lowest BCUT2D eigenvalue weighted by Gasteiger charge is -2.42. The topological polar surface area (TPSA) is 41.1 Å². The number of benzene rings is 2. The summed E-state index contributed by atoms with van der Waals surface area (Å²) in [6, 6.07) is 15.4. The predicted octanol–water partition coefficient (Wildman–Crippen LogP) is 3.47. The van der Waals surface area contributed by atoms with Crippen LogP contribution in [0.2, 0.25) is 0 Å². The smallest absolute Gasteiger partial charge is 0.172 e. The van der Waals surface area contributed by atoms with E-state index in [1.807, 2.05) is 0 Å². The van der Waals surface area contributed by atoms with Crippen LogP contribution in [-0.4, -0.2) is 23.1 Å². The highest BCUT2D eigenvalue weighted by Gasteiger charge is 2.33. The summed E-state index contributed by atoms with van der Waals surface area (Å²) in [7, 11) is 0. The van der Waals surface area contributed by atoms with Crippen LogP contribution in [0.25, 0.3) is 11.0 Å². The van der Waals surface area contributed by atoms with Gasteiger partial charge in [0.2, 0.25) is 0 Å². The summed E-state index contributed by atoms with van der Waals surface area (Å²) in [5, 5.41) is 3.50. The highest BCUT2D eigenvalue weighted by atomic mass is 15.3. The number of fused-ring (bicyclic) bond motifs is 6. The second-order valence-electron chi connectivity index (χ2n) is 6.43. The maximum absolute atomic E-state index is 4.92. The van der Waals surface area contributed by atoms with Gasteiger partial charge < -0.3 is 10.2 Å². The first-order valence-corrected chi connectivity index (χ1v) is 8.16. The van der Waals surface area contributed by atoms with Crippen molar-refractivity contribution in [3.8, 4) is 0 Å². The summed E-state index contributed by atoms with van der Waals surface area (Å²) >= 11 is 0. The van der Waals surface area contributed by atoms with E-state index >= 15 is 0 Å². The summed E-state index contributed by atoms with van der Waals surface area (Å²) in [6.45, 7) is 3.98. The van der Waals surface area contributed by atoms with Crippen molar-refractivity contribution in [3.63, 3.8) is 0 Å². The van der Waals surface area contributed by atoms with E-state index in [1.165, 1.54) is 16.7 Å². The highest BCUT2D eigenvalue weighted by molar-refractivity contribution is 5.82. The Morgan fingerprint density at radius 1 is 1.09 bits per heavy atom. The molecule has 4 nitrogen and oxygen atoms in total. The summed E-state index contributed by atoms with van der Waals surface area (Å²) in [6.07, 6.45) is 1.07. The number of aromatic nitrogens is 2. The van der Waals surface area contributed by atoms with Crippen molar-refractivity contribution >= 4 is 22.7 Å². The van der Waals surface area contributed by atoms with Crippen LogP contribution < -0.4 is 10.2 Å². The number of anilines is 2. The molecule has 3 aromatic rings. The number of nitrogens with zero attached hydrogens (tertiary/aromatic N) is 3. The van der Waals surface area contributed by atoms with Crippen LogP contribution in [0.1, 0.15) is 22.7 Å². The van der Waals surface area contributed by atoms with Crippen molar-refractivity contribution in [3.05, 3.63) is 59.2 Å². The van der Waals surface area contributed by atoms with Gasteiger partial charge in [0.15, 0.2) is 11.6 Å². The second kappa shape index (κ2) is 4.69. The van der Waals surface area contributed by atoms with Crippen LogP contribution >= 0.6 is 0 Å². The van der Waals surface area contributed by atoms with Crippen molar-refractivity contribution in [2.75, 3.05) is 23.3 Å². The third-order valence-corrected chi connectivity index (χ3v) is 4.95. The number of hydrogen-bond acceptors (Lipinski definition) is 4. The molecule has 0 radical (unpaired) electrons. The third-order valence-electron chi connectivity index (χ3n) is 4.95. The van der Waals surface area contributed by atoms with Gasteiger partial charge in [0, 0.05) is 13.1 Å². The molecule has 0 fully saturated rings. The van der Waals surface area contributed by atoms with Gasteiger partial charge in [-0.3, -0.25) is 0 Å². The molecule has 0 aliphatic carbocycles. The molecule has 2 aliphatic heterocycles. The fourth-order valence-corrected chi connectivity index (χ4v) is 3.79. The molecule has 0 bridgehead atoms. The molecule has 1 aromatic heterocycles. The van der Waals surface area contributed by atoms with E-state index in [0.29, 0.717) is 6.04 Å². The number of rotatable bonds is 0. The van der Waals surface area contributed by atoms with E-state index in [4.69, 9.17) is 9.97 Å². The number of hydrogen-bond donors (Lipinski definition) is 1. The Hall–Kier alpha value is -2.62. The Bertz CT molecular complexity index is 918. The molecule has 0 spiro atoms. The second-order valence-corrected chi connectivity index (χ2v) is 6.43. The molecule has 0 amide bonds. The molecule has 4 heteroatoms. The van der Waals surface area contributed by atoms with Gasteiger partial charge in [-0.1, -0.05) is 30.3 Å². The zero-order valence-corrected chi connectivity index (χ0v) is 13.1. The molecule has 2 aromatic carbocycles. The minimum atomic E-state index is 0.352. The first-order chi connectivity index (χ1) is 11.3. The fraction of sp³-hybridized carbons (Fsp3) is 0.263. The van der Waals surface area contributed by atoms with Gasteiger partial charge in [0.1, 0.15) is 0 Å². The minimum absolute atomic E-state index is 0.352. The van der Waals surface area contributed by atoms with Crippen LogP contribution in [0.4, 0.5) is 11.6 Å². The van der Waals surface area contributed by atoms with E-state index in [0.717, 1.165) is 42.2 Å². The monoisotopic (exact) mass is 302 g/mol. The summed E-state index contributed by atoms with van der Waals surface area (Å²) < 4.78 is 0. The van der Waals surface area contributed by atoms with Gasteiger partial charge in [0.05, 0.1) is 17.1 Å². The van der Waals surface area contributed by atoms with Gasteiger partial charge in [-0.05, 0) is 42.2 Å². The van der Waals surface area contributed by atoms with Crippen LogP contribution in [0.15, 0.2) is 42.5 Å². The maximum Gasteiger partial charge on any atom is 0.172 e. The van der Waals surface area contributed by atoms with Gasteiger partial charge in [-0.25, -0.2) is 9.97 Å². The lowest BCUT2D eigenvalue weighted by atomic mass is 9.91. The normalized spacial score (nSPS) is 18.8. The van der Waals surface area contributed by atoms with Crippen molar-refractivity contribution in [1.82, 2.24) is 9.97 Å². The van der Waals surface area contributed by atoms with Crippen molar-refractivity contribution in [1.29, 1.82) is 0 Å². The molecular formula is C19H18N4. The standard InChI is InChI=1S/C19H18N4/c1-12-6-7-15-16(10-12)21-18-19(22-15)23-9-8-13-4-2-3-5-14(13)17(23)11-20-18/h2-7,10,17H,8-9,11H2,1H3,(H,20,21). The largest absolute Gasteiger partial charge is 0.365 e. The molecule has 1 N–H and O–H groups in total. The van der Waals surface area contributed by atoms with Gasteiger partial charge in [0.25, 0.3) is 0 Å². The average molecular weight is 302 g/mol. The Morgan fingerprint density at radius 3 is 2.96 bits per heavy atom. The average Bonchev–Trinajstić information content (AvgIpc) is 2.59. The van der Waals surface area contributed by atoms with Gasteiger partial charge in [-0.15, -0.1) is 0 Å². The highest BCUT2D eigenvalue weighted by Crippen LogP contribution is 2.39. The summed E-state index contributed by atoms with van der Waals surface area (Å²) in [4.78, 5) is 12.1. The van der Waals surface area contributed by atoms with E-state index in [-0.39, 0.29) is 0 Å². The molecule has 5 rings (SSSR count). The molecule has 1 atom stereocenters. The van der Waals surface area contributed by atoms with Crippen molar-refractivity contribution in [2.24, 2.45) is 0 Å². The van der Waals surface area contributed by atoms with Crippen LogP contribution in [-0.2, 0) is 6.42 Å². The molecule has 1 unspecified atom stereocenters. The number of nitrogens with one attached hydrogen (secondary N) is 1. The number of aryl methyl sites for hydroxylation is 1. The van der Waals surface area contributed by atoms with Crippen molar-refractivity contribution < 1.29 is 0 Å². The first kappa shape index (κ1) is 12.9. The van der Waals surface area contributed by atoms with Crippen LogP contribution in [0.3, 0.4) is 0 Å².